The highest BCUT2D eigenvalue weighted by molar-refractivity contribution is 5.81. The molecule has 3 nitrogen and oxygen atoms in total. The Morgan fingerprint density at radius 2 is 2.08 bits per heavy atom. The van der Waals surface area contributed by atoms with Gasteiger partial charge in [0.2, 0.25) is 0 Å². The molecular weight excluding hydrogens is 168 g/mol. The van der Waals surface area contributed by atoms with E-state index >= 15 is 0 Å². The van der Waals surface area contributed by atoms with Gasteiger partial charge in [-0.2, -0.15) is 0 Å². The zero-order valence-electron chi connectivity index (χ0n) is 7.01. The second-order valence-corrected chi connectivity index (χ2v) is 2.41. The van der Waals surface area contributed by atoms with E-state index in [1.165, 1.54) is 0 Å². The standard InChI is InChI=1S/C10H10O3/c11-7-6-10(12)13-8-9-4-2-1-3-5-9/h1-7,11H,8H2. The van der Waals surface area contributed by atoms with Crippen LogP contribution in [0.15, 0.2) is 42.7 Å². The van der Waals surface area contributed by atoms with Crippen LogP contribution in [0.1, 0.15) is 5.56 Å². The van der Waals surface area contributed by atoms with Crippen LogP contribution >= 0.6 is 0 Å². The quantitative estimate of drug-likeness (QED) is 0.436. The lowest BCUT2D eigenvalue weighted by molar-refractivity contribution is -0.139. The molecule has 0 bridgehead atoms. The van der Waals surface area contributed by atoms with Gasteiger partial charge in [-0.15, -0.1) is 0 Å². The molecule has 1 aromatic carbocycles. The van der Waals surface area contributed by atoms with Gasteiger partial charge in [0.15, 0.2) is 0 Å². The number of rotatable bonds is 3. The Kier molecular flexibility index (Phi) is 3.57. The van der Waals surface area contributed by atoms with Crippen molar-refractivity contribution < 1.29 is 14.6 Å². The Morgan fingerprint density at radius 1 is 1.38 bits per heavy atom. The lowest BCUT2D eigenvalue weighted by Crippen LogP contribution is -2.00. The van der Waals surface area contributed by atoms with E-state index in [0.29, 0.717) is 6.26 Å². The number of carbonyl (C=O) groups excluding carboxylic acids is 1. The summed E-state index contributed by atoms with van der Waals surface area (Å²) in [6.45, 7) is 0.226. The van der Waals surface area contributed by atoms with Gasteiger partial charge in [0.1, 0.15) is 6.61 Å². The monoisotopic (exact) mass is 178 g/mol. The van der Waals surface area contributed by atoms with Gasteiger partial charge in [-0.3, -0.25) is 0 Å². The number of ether oxygens (including phenoxy) is 1. The molecule has 0 heterocycles. The van der Waals surface area contributed by atoms with Crippen LogP contribution < -0.4 is 0 Å². The lowest BCUT2D eigenvalue weighted by atomic mass is 10.2. The molecular formula is C10H10O3. The second-order valence-electron chi connectivity index (χ2n) is 2.41. The Balaban J connectivity index is 2.40. The summed E-state index contributed by atoms with van der Waals surface area (Å²) in [6, 6.07) is 9.33. The minimum Gasteiger partial charge on any atom is -0.515 e. The molecule has 0 saturated heterocycles. The van der Waals surface area contributed by atoms with Crippen LogP contribution in [0.5, 0.6) is 0 Å². The third kappa shape index (κ3) is 3.42. The molecule has 1 aromatic rings. The summed E-state index contributed by atoms with van der Waals surface area (Å²) in [5.74, 6) is -0.550. The predicted molar refractivity (Wildman–Crippen MR) is 48.0 cm³/mol. The van der Waals surface area contributed by atoms with Crippen molar-refractivity contribution in [2.75, 3.05) is 0 Å². The highest BCUT2D eigenvalue weighted by Gasteiger charge is 1.96. The minimum atomic E-state index is -0.550. The van der Waals surface area contributed by atoms with Crippen molar-refractivity contribution in [2.45, 2.75) is 6.61 Å². The number of aliphatic hydroxyl groups excluding tert-OH is 1. The summed E-state index contributed by atoms with van der Waals surface area (Å²) in [7, 11) is 0. The van der Waals surface area contributed by atoms with Crippen LogP contribution in [0.4, 0.5) is 0 Å². The van der Waals surface area contributed by atoms with Crippen molar-refractivity contribution in [3.05, 3.63) is 48.2 Å². The van der Waals surface area contributed by atoms with Gasteiger partial charge in [0.25, 0.3) is 0 Å². The molecule has 1 N–H and O–H groups in total. The first-order valence-corrected chi connectivity index (χ1v) is 3.84. The van der Waals surface area contributed by atoms with Crippen molar-refractivity contribution in [1.82, 2.24) is 0 Å². The van der Waals surface area contributed by atoms with E-state index in [4.69, 9.17) is 9.84 Å². The summed E-state index contributed by atoms with van der Waals surface area (Å²) < 4.78 is 4.78. The van der Waals surface area contributed by atoms with E-state index in [0.717, 1.165) is 11.6 Å². The molecule has 0 atom stereocenters. The predicted octanol–water partition coefficient (Wildman–Crippen LogP) is 1.80. The Bertz CT molecular complexity index is 290. The van der Waals surface area contributed by atoms with Crippen molar-refractivity contribution in [1.29, 1.82) is 0 Å². The molecule has 1 rings (SSSR count). The Hall–Kier alpha value is -1.77. The van der Waals surface area contributed by atoms with Gasteiger partial charge < -0.3 is 9.84 Å². The molecule has 0 unspecified atom stereocenters. The summed E-state index contributed by atoms with van der Waals surface area (Å²) in [5.41, 5.74) is 0.919. The van der Waals surface area contributed by atoms with Crippen LogP contribution in [-0.4, -0.2) is 11.1 Å². The number of hydrogen-bond donors (Lipinski definition) is 1. The van der Waals surface area contributed by atoms with Gasteiger partial charge in [0.05, 0.1) is 12.3 Å². The summed E-state index contributed by atoms with van der Waals surface area (Å²) in [5, 5.41) is 8.25. The fourth-order valence-electron chi connectivity index (χ4n) is 0.838. The van der Waals surface area contributed by atoms with Gasteiger partial charge in [-0.25, -0.2) is 4.79 Å². The molecule has 68 valence electrons. The molecule has 0 spiro atoms. The van der Waals surface area contributed by atoms with Crippen LogP contribution in [-0.2, 0) is 16.1 Å². The van der Waals surface area contributed by atoms with E-state index in [1.54, 1.807) is 0 Å². The molecule has 0 aliphatic rings. The maximum Gasteiger partial charge on any atom is 0.334 e. The highest BCUT2D eigenvalue weighted by atomic mass is 16.5. The lowest BCUT2D eigenvalue weighted by Gasteiger charge is -2.00. The zero-order chi connectivity index (χ0) is 9.52. The Labute approximate surface area is 76.3 Å². The Morgan fingerprint density at radius 3 is 2.69 bits per heavy atom. The van der Waals surface area contributed by atoms with E-state index in [9.17, 15) is 4.79 Å². The van der Waals surface area contributed by atoms with E-state index in [-0.39, 0.29) is 6.61 Å². The number of benzene rings is 1. The molecule has 0 amide bonds. The topological polar surface area (TPSA) is 46.5 Å². The summed E-state index contributed by atoms with van der Waals surface area (Å²) in [6.07, 6.45) is 1.62. The number of carbonyl (C=O) groups is 1. The molecule has 0 aliphatic heterocycles. The number of esters is 1. The SMILES string of the molecule is O=C(C=CO)OCc1ccccc1. The first-order chi connectivity index (χ1) is 6.33. The fraction of sp³-hybridized carbons (Fsp3) is 0.100. The number of hydrogen-bond acceptors (Lipinski definition) is 3. The maximum absolute atomic E-state index is 10.7. The molecule has 0 aliphatic carbocycles. The van der Waals surface area contributed by atoms with Crippen molar-refractivity contribution in [3.63, 3.8) is 0 Å². The average Bonchev–Trinajstić information content (AvgIpc) is 2.17. The minimum absolute atomic E-state index is 0.226. The van der Waals surface area contributed by atoms with E-state index in [1.807, 2.05) is 30.3 Å². The van der Waals surface area contributed by atoms with Gasteiger partial charge in [-0.05, 0) is 5.56 Å². The van der Waals surface area contributed by atoms with Crippen LogP contribution in [0.25, 0.3) is 0 Å². The molecule has 0 aromatic heterocycles. The van der Waals surface area contributed by atoms with E-state index in [2.05, 4.69) is 0 Å². The normalized spacial score (nSPS) is 10.2. The smallest absolute Gasteiger partial charge is 0.334 e. The van der Waals surface area contributed by atoms with Gasteiger partial charge in [0, 0.05) is 0 Å². The fourth-order valence-corrected chi connectivity index (χ4v) is 0.838. The molecule has 0 radical (unpaired) electrons. The molecule has 13 heavy (non-hydrogen) atoms. The van der Waals surface area contributed by atoms with Crippen LogP contribution in [0, 0.1) is 0 Å². The first kappa shape index (κ1) is 9.32. The highest BCUT2D eigenvalue weighted by Crippen LogP contribution is 2.00. The van der Waals surface area contributed by atoms with Crippen LogP contribution in [0.2, 0.25) is 0 Å². The van der Waals surface area contributed by atoms with Crippen molar-refractivity contribution in [3.8, 4) is 0 Å². The largest absolute Gasteiger partial charge is 0.515 e. The summed E-state index contributed by atoms with van der Waals surface area (Å²) >= 11 is 0. The molecule has 3 heteroatoms. The van der Waals surface area contributed by atoms with Gasteiger partial charge >= 0.3 is 5.97 Å². The third-order valence-electron chi connectivity index (χ3n) is 1.43. The molecule has 0 fully saturated rings. The van der Waals surface area contributed by atoms with Crippen molar-refractivity contribution in [2.24, 2.45) is 0 Å². The van der Waals surface area contributed by atoms with Crippen LogP contribution in [0.3, 0.4) is 0 Å². The maximum atomic E-state index is 10.7. The molecule has 0 saturated carbocycles. The van der Waals surface area contributed by atoms with Gasteiger partial charge in [-0.1, -0.05) is 30.3 Å². The first-order valence-electron chi connectivity index (χ1n) is 3.84. The summed E-state index contributed by atoms with van der Waals surface area (Å²) in [4.78, 5) is 10.7. The third-order valence-corrected chi connectivity index (χ3v) is 1.43. The zero-order valence-corrected chi connectivity index (χ0v) is 7.01. The van der Waals surface area contributed by atoms with E-state index < -0.39 is 5.97 Å². The number of aliphatic hydroxyl groups is 1. The van der Waals surface area contributed by atoms with Crippen molar-refractivity contribution >= 4 is 5.97 Å². The average molecular weight is 178 g/mol. The second kappa shape index (κ2) is 4.98.